The molecule has 0 aliphatic carbocycles. The van der Waals surface area contributed by atoms with Gasteiger partial charge in [-0.15, -0.1) is 11.3 Å². The molecule has 0 saturated heterocycles. The van der Waals surface area contributed by atoms with Crippen LogP contribution in [0.4, 0.5) is 0 Å². The summed E-state index contributed by atoms with van der Waals surface area (Å²) in [6, 6.07) is 8.73. The Hall–Kier alpha value is -1.88. The molecule has 0 fully saturated rings. The number of amides is 1. The smallest absolute Gasteiger partial charge is 0.250 e. The summed E-state index contributed by atoms with van der Waals surface area (Å²) in [5.41, 5.74) is -0.170. The summed E-state index contributed by atoms with van der Waals surface area (Å²) >= 11 is 1.60. The first-order valence-electron chi connectivity index (χ1n) is 5.65. The molecule has 1 amide bonds. The molecular formula is C13H14N2O2S. The van der Waals surface area contributed by atoms with Gasteiger partial charge in [0.2, 0.25) is 5.91 Å². The summed E-state index contributed by atoms with van der Waals surface area (Å²) in [6.45, 7) is 1.98. The van der Waals surface area contributed by atoms with Gasteiger partial charge in [-0.1, -0.05) is 12.1 Å². The van der Waals surface area contributed by atoms with Crippen LogP contribution in [0, 0.1) is 0 Å². The molecule has 4 nitrogen and oxygen atoms in total. The van der Waals surface area contributed by atoms with E-state index in [0.29, 0.717) is 0 Å². The zero-order chi connectivity index (χ0) is 13.0. The number of nitrogens with zero attached hydrogens (tertiary/aromatic N) is 1. The molecule has 0 aliphatic rings. The molecule has 1 atom stereocenters. The van der Waals surface area contributed by atoms with E-state index < -0.39 is 0 Å². The molecule has 0 aliphatic heterocycles. The molecule has 5 heteroatoms. The van der Waals surface area contributed by atoms with Crippen molar-refractivity contribution in [3.63, 3.8) is 0 Å². The number of hydrogen-bond acceptors (Lipinski definition) is 3. The van der Waals surface area contributed by atoms with Crippen LogP contribution < -0.4 is 10.9 Å². The first-order chi connectivity index (χ1) is 8.66. The molecule has 2 rings (SSSR count). The van der Waals surface area contributed by atoms with E-state index in [2.05, 4.69) is 5.32 Å². The summed E-state index contributed by atoms with van der Waals surface area (Å²) in [5, 5.41) is 4.84. The van der Waals surface area contributed by atoms with Gasteiger partial charge in [0.05, 0.1) is 6.04 Å². The van der Waals surface area contributed by atoms with E-state index in [1.54, 1.807) is 29.7 Å². The zero-order valence-corrected chi connectivity index (χ0v) is 10.8. The lowest BCUT2D eigenvalue weighted by Gasteiger charge is -2.12. The molecule has 0 aromatic carbocycles. The zero-order valence-electron chi connectivity index (χ0n) is 10.00. The van der Waals surface area contributed by atoms with Gasteiger partial charge in [0, 0.05) is 17.1 Å². The number of hydrogen-bond donors (Lipinski definition) is 1. The SMILES string of the molecule is C[C@@H](NC(=O)Cn1ccccc1=O)c1cccs1. The molecular weight excluding hydrogens is 248 g/mol. The van der Waals surface area contributed by atoms with Crippen molar-refractivity contribution in [1.29, 1.82) is 0 Å². The van der Waals surface area contributed by atoms with Crippen molar-refractivity contribution < 1.29 is 4.79 Å². The maximum absolute atomic E-state index is 11.8. The molecule has 2 aromatic heterocycles. The second kappa shape index (κ2) is 5.64. The maximum atomic E-state index is 11.8. The van der Waals surface area contributed by atoms with E-state index in [1.165, 1.54) is 10.6 Å². The van der Waals surface area contributed by atoms with Crippen LogP contribution in [0.3, 0.4) is 0 Å². The van der Waals surface area contributed by atoms with Gasteiger partial charge in [-0.3, -0.25) is 9.59 Å². The van der Waals surface area contributed by atoms with Crippen LogP contribution >= 0.6 is 11.3 Å². The molecule has 18 heavy (non-hydrogen) atoms. The molecule has 1 N–H and O–H groups in total. The van der Waals surface area contributed by atoms with Gasteiger partial charge in [0.25, 0.3) is 5.56 Å². The molecule has 94 valence electrons. The Bertz CT molecular complexity index is 575. The van der Waals surface area contributed by atoms with Crippen LogP contribution in [0.5, 0.6) is 0 Å². The Morgan fingerprint density at radius 3 is 2.89 bits per heavy atom. The molecule has 2 aromatic rings. The van der Waals surface area contributed by atoms with E-state index in [1.807, 2.05) is 24.4 Å². The third kappa shape index (κ3) is 3.07. The van der Waals surface area contributed by atoms with Gasteiger partial charge >= 0.3 is 0 Å². The molecule has 0 bridgehead atoms. The minimum Gasteiger partial charge on any atom is -0.347 e. The third-order valence-electron chi connectivity index (χ3n) is 2.56. The van der Waals surface area contributed by atoms with Crippen molar-refractivity contribution in [1.82, 2.24) is 9.88 Å². The highest BCUT2D eigenvalue weighted by Gasteiger charge is 2.10. The largest absolute Gasteiger partial charge is 0.347 e. The van der Waals surface area contributed by atoms with Gasteiger partial charge in [0.15, 0.2) is 0 Å². The van der Waals surface area contributed by atoms with Crippen LogP contribution in [-0.4, -0.2) is 10.5 Å². The lowest BCUT2D eigenvalue weighted by atomic mass is 10.3. The number of nitrogens with one attached hydrogen (secondary N) is 1. The summed E-state index contributed by atoms with van der Waals surface area (Å²) in [7, 11) is 0. The monoisotopic (exact) mass is 262 g/mol. The van der Waals surface area contributed by atoms with Gasteiger partial charge in [-0.25, -0.2) is 0 Å². The molecule has 0 spiro atoms. The Morgan fingerprint density at radius 1 is 1.39 bits per heavy atom. The fourth-order valence-electron chi connectivity index (χ4n) is 1.64. The van der Waals surface area contributed by atoms with Gasteiger partial charge in [0.1, 0.15) is 6.54 Å². The van der Waals surface area contributed by atoms with Crippen molar-refractivity contribution in [2.24, 2.45) is 0 Å². The molecule has 2 heterocycles. The minimum atomic E-state index is -0.170. The lowest BCUT2D eigenvalue weighted by molar-refractivity contribution is -0.122. The second-order valence-electron chi connectivity index (χ2n) is 3.97. The first kappa shape index (κ1) is 12.6. The van der Waals surface area contributed by atoms with Crippen LogP contribution in [0.1, 0.15) is 17.8 Å². The van der Waals surface area contributed by atoms with E-state index >= 15 is 0 Å². The number of aromatic nitrogens is 1. The summed E-state index contributed by atoms with van der Waals surface area (Å²) < 4.78 is 1.39. The normalized spacial score (nSPS) is 12.1. The van der Waals surface area contributed by atoms with Crippen molar-refractivity contribution in [2.45, 2.75) is 19.5 Å². The topological polar surface area (TPSA) is 51.1 Å². The highest BCUT2D eigenvalue weighted by molar-refractivity contribution is 7.10. The van der Waals surface area contributed by atoms with Crippen LogP contribution in [-0.2, 0) is 11.3 Å². The van der Waals surface area contributed by atoms with E-state index in [0.717, 1.165) is 4.88 Å². The third-order valence-corrected chi connectivity index (χ3v) is 3.62. The first-order valence-corrected chi connectivity index (χ1v) is 6.53. The Labute approximate surface area is 109 Å². The van der Waals surface area contributed by atoms with Crippen molar-refractivity contribution in [3.05, 3.63) is 57.1 Å². The standard InChI is InChI=1S/C13H14N2O2S/c1-10(11-5-4-8-18-11)14-12(16)9-15-7-3-2-6-13(15)17/h2-8,10H,9H2,1H3,(H,14,16)/t10-/m1/s1. The maximum Gasteiger partial charge on any atom is 0.250 e. The molecule has 0 radical (unpaired) electrons. The van der Waals surface area contributed by atoms with Crippen LogP contribution in [0.15, 0.2) is 46.7 Å². The Kier molecular flexibility index (Phi) is 3.94. The summed E-state index contributed by atoms with van der Waals surface area (Å²) in [5.74, 6) is -0.163. The average Bonchev–Trinajstić information content (AvgIpc) is 2.85. The van der Waals surface area contributed by atoms with Crippen molar-refractivity contribution >= 4 is 17.2 Å². The summed E-state index contributed by atoms with van der Waals surface area (Å²) in [6.07, 6.45) is 1.61. The molecule has 0 saturated carbocycles. The van der Waals surface area contributed by atoms with E-state index in [4.69, 9.17) is 0 Å². The van der Waals surface area contributed by atoms with Crippen LogP contribution in [0.2, 0.25) is 0 Å². The second-order valence-corrected chi connectivity index (χ2v) is 4.95. The Balaban J connectivity index is 1.97. The minimum absolute atomic E-state index is 0.0306. The number of carbonyl (C=O) groups is 1. The molecule has 0 unspecified atom stereocenters. The van der Waals surface area contributed by atoms with Crippen molar-refractivity contribution in [3.8, 4) is 0 Å². The fourth-order valence-corrected chi connectivity index (χ4v) is 2.38. The van der Waals surface area contributed by atoms with E-state index in [-0.39, 0.29) is 24.1 Å². The summed E-state index contributed by atoms with van der Waals surface area (Å²) in [4.78, 5) is 24.4. The average molecular weight is 262 g/mol. The number of carbonyl (C=O) groups excluding carboxylic acids is 1. The van der Waals surface area contributed by atoms with Crippen molar-refractivity contribution in [2.75, 3.05) is 0 Å². The lowest BCUT2D eigenvalue weighted by Crippen LogP contribution is -2.33. The quantitative estimate of drug-likeness (QED) is 0.913. The predicted octanol–water partition coefficient (Wildman–Crippen LogP) is 1.79. The van der Waals surface area contributed by atoms with Crippen LogP contribution in [0.25, 0.3) is 0 Å². The van der Waals surface area contributed by atoms with Gasteiger partial charge in [-0.2, -0.15) is 0 Å². The number of rotatable bonds is 4. The van der Waals surface area contributed by atoms with E-state index in [9.17, 15) is 9.59 Å². The number of pyridine rings is 1. The predicted molar refractivity (Wildman–Crippen MR) is 71.6 cm³/mol. The van der Waals surface area contributed by atoms with Gasteiger partial charge < -0.3 is 9.88 Å². The highest BCUT2D eigenvalue weighted by atomic mass is 32.1. The highest BCUT2D eigenvalue weighted by Crippen LogP contribution is 2.17. The number of thiophene rings is 1. The van der Waals surface area contributed by atoms with Gasteiger partial charge in [-0.05, 0) is 24.4 Å². The fraction of sp³-hybridized carbons (Fsp3) is 0.231. The Morgan fingerprint density at radius 2 is 2.22 bits per heavy atom.